The van der Waals surface area contributed by atoms with Crippen LogP contribution in [0.15, 0.2) is 95.0 Å². The molecule has 196 valence electrons. The van der Waals surface area contributed by atoms with Crippen LogP contribution in [-0.4, -0.2) is 42.9 Å². The van der Waals surface area contributed by atoms with E-state index in [4.69, 9.17) is 4.74 Å². The lowest BCUT2D eigenvalue weighted by atomic mass is 9.87. The highest BCUT2D eigenvalue weighted by molar-refractivity contribution is 6.08. The number of aliphatic hydroxyl groups excluding tert-OH is 1. The quantitative estimate of drug-likeness (QED) is 0.371. The van der Waals surface area contributed by atoms with Gasteiger partial charge < -0.3 is 15.2 Å². The number of hydrogen-bond donors (Lipinski definition) is 2. The van der Waals surface area contributed by atoms with E-state index in [0.717, 1.165) is 5.56 Å². The van der Waals surface area contributed by atoms with Crippen LogP contribution in [-0.2, 0) is 9.53 Å². The van der Waals surface area contributed by atoms with E-state index in [2.05, 4.69) is 15.5 Å². The molecular formula is C30H27N5O4. The minimum absolute atomic E-state index is 0.172. The van der Waals surface area contributed by atoms with Gasteiger partial charge in [0, 0.05) is 11.5 Å². The summed E-state index contributed by atoms with van der Waals surface area (Å²) in [6.45, 7) is 3.88. The van der Waals surface area contributed by atoms with Crippen molar-refractivity contribution in [2.75, 3.05) is 11.9 Å². The molecule has 0 fully saturated rings. The molecule has 0 amide bonds. The highest BCUT2D eigenvalue weighted by Crippen LogP contribution is 2.41. The Kier molecular flexibility index (Phi) is 6.11. The molecule has 1 aliphatic carbocycles. The summed E-state index contributed by atoms with van der Waals surface area (Å²) in [6, 6.07) is 18.5. The Labute approximate surface area is 224 Å². The van der Waals surface area contributed by atoms with Gasteiger partial charge in [0.15, 0.2) is 5.65 Å². The van der Waals surface area contributed by atoms with Crippen molar-refractivity contribution in [2.24, 2.45) is 0 Å². The zero-order chi connectivity index (χ0) is 27.1. The van der Waals surface area contributed by atoms with E-state index >= 15 is 0 Å². The molecule has 2 atom stereocenters. The number of nitrogens with zero attached hydrogens (tertiary/aromatic N) is 4. The molecule has 0 radical (unpaired) electrons. The predicted octanol–water partition coefficient (Wildman–Crippen LogP) is 4.54. The summed E-state index contributed by atoms with van der Waals surface area (Å²) < 4.78 is 8.61. The molecule has 9 heteroatoms. The lowest BCUT2D eigenvalue weighted by Gasteiger charge is -2.31. The van der Waals surface area contributed by atoms with Crippen LogP contribution in [0.25, 0.3) is 16.9 Å². The summed E-state index contributed by atoms with van der Waals surface area (Å²) in [5.74, 6) is 0.439. The number of hydrogen-bond acceptors (Lipinski definition) is 7. The van der Waals surface area contributed by atoms with Gasteiger partial charge in [0.1, 0.15) is 17.4 Å². The molecule has 4 aromatic rings. The number of carbonyl (C=O) groups is 1. The van der Waals surface area contributed by atoms with Crippen molar-refractivity contribution >= 4 is 23.0 Å². The van der Waals surface area contributed by atoms with Crippen molar-refractivity contribution in [1.82, 2.24) is 19.2 Å². The summed E-state index contributed by atoms with van der Waals surface area (Å²) in [5.41, 5.74) is 3.13. The van der Waals surface area contributed by atoms with Gasteiger partial charge in [-0.25, -0.2) is 18.6 Å². The highest BCUT2D eigenvalue weighted by Gasteiger charge is 2.36. The van der Waals surface area contributed by atoms with E-state index in [0.29, 0.717) is 46.1 Å². The topological polar surface area (TPSA) is 111 Å². The van der Waals surface area contributed by atoms with Gasteiger partial charge in [0.2, 0.25) is 0 Å². The first-order valence-electron chi connectivity index (χ1n) is 12.9. The lowest BCUT2D eigenvalue weighted by Crippen LogP contribution is -2.37. The number of aliphatic hydroxyl groups is 1. The zero-order valence-electron chi connectivity index (χ0n) is 21.5. The van der Waals surface area contributed by atoms with Crippen LogP contribution in [0.2, 0.25) is 0 Å². The van der Waals surface area contributed by atoms with Crippen molar-refractivity contribution in [3.63, 3.8) is 0 Å². The van der Waals surface area contributed by atoms with Gasteiger partial charge in [-0.2, -0.15) is 0 Å². The summed E-state index contributed by atoms with van der Waals surface area (Å²) in [6.07, 6.45) is 5.57. The van der Waals surface area contributed by atoms with Crippen LogP contribution in [0, 0.1) is 0 Å². The molecule has 0 bridgehead atoms. The number of rotatable bonds is 5. The van der Waals surface area contributed by atoms with Crippen LogP contribution >= 0.6 is 0 Å². The maximum Gasteiger partial charge on any atom is 0.341 e. The van der Waals surface area contributed by atoms with Gasteiger partial charge in [-0.15, -0.1) is 10.2 Å². The fourth-order valence-electron chi connectivity index (χ4n) is 5.31. The second-order valence-corrected chi connectivity index (χ2v) is 9.47. The summed E-state index contributed by atoms with van der Waals surface area (Å²) in [5, 5.41) is 22.3. The van der Waals surface area contributed by atoms with Crippen LogP contribution < -0.4 is 11.0 Å². The first-order chi connectivity index (χ1) is 19.0. The third kappa shape index (κ3) is 4.03. The van der Waals surface area contributed by atoms with Crippen LogP contribution in [0.3, 0.4) is 0 Å². The fourth-order valence-corrected chi connectivity index (χ4v) is 5.31. The number of para-hydroxylation sites is 1. The van der Waals surface area contributed by atoms with Crippen molar-refractivity contribution < 1.29 is 14.6 Å². The molecule has 9 nitrogen and oxygen atoms in total. The number of carbonyl (C=O) groups excluding carboxylic acids is 1. The minimum atomic E-state index is -0.458. The van der Waals surface area contributed by atoms with Gasteiger partial charge in [-0.1, -0.05) is 54.6 Å². The Morgan fingerprint density at radius 1 is 1.10 bits per heavy atom. The molecule has 6 rings (SSSR count). The summed E-state index contributed by atoms with van der Waals surface area (Å²) in [7, 11) is 0. The molecule has 2 aliphatic rings. The Morgan fingerprint density at radius 3 is 2.49 bits per heavy atom. The van der Waals surface area contributed by atoms with Gasteiger partial charge in [-0.05, 0) is 50.1 Å². The molecule has 3 heterocycles. The maximum absolute atomic E-state index is 14.3. The average Bonchev–Trinajstić information content (AvgIpc) is 3.39. The van der Waals surface area contributed by atoms with E-state index < -0.39 is 12.0 Å². The number of ether oxygens (including phenoxy) is 1. The van der Waals surface area contributed by atoms with E-state index in [9.17, 15) is 14.7 Å². The third-order valence-electron chi connectivity index (χ3n) is 7.04. The number of allylic oxidation sites excluding steroid dienone is 3. The largest absolute Gasteiger partial charge is 0.508 e. The van der Waals surface area contributed by atoms with Crippen LogP contribution in [0.4, 0.5) is 5.82 Å². The lowest BCUT2D eigenvalue weighted by molar-refractivity contribution is -0.138. The summed E-state index contributed by atoms with van der Waals surface area (Å²) in [4.78, 5) is 27.6. The average molecular weight is 522 g/mol. The zero-order valence-corrected chi connectivity index (χ0v) is 21.5. The van der Waals surface area contributed by atoms with E-state index in [-0.39, 0.29) is 24.0 Å². The van der Waals surface area contributed by atoms with Crippen molar-refractivity contribution in [1.29, 1.82) is 0 Å². The molecule has 0 spiro atoms. The number of fused-ring (bicyclic) bond motifs is 3. The minimum Gasteiger partial charge on any atom is -0.508 e. The second-order valence-electron chi connectivity index (χ2n) is 9.47. The van der Waals surface area contributed by atoms with Gasteiger partial charge >= 0.3 is 11.7 Å². The standard InChI is InChI=1S/C30H27N5O4/c1-3-39-29(37)23-18(2)31-27-25(24(23)19-10-6-4-7-11-19)28-33-32-26(20-14-16-22(36)17-15-20)35(28)30(38)34(27)21-12-8-5-9-13-21/h4-14,16-18,20,31,36H,3,15H2,1-2H3. The normalized spacial score (nSPS) is 18.5. The number of anilines is 1. The van der Waals surface area contributed by atoms with Crippen LogP contribution in [0.5, 0.6) is 0 Å². The van der Waals surface area contributed by atoms with E-state index in [1.807, 2.05) is 73.7 Å². The Hall–Kier alpha value is -4.92. The maximum atomic E-state index is 14.3. The van der Waals surface area contributed by atoms with Crippen LogP contribution in [0.1, 0.15) is 43.1 Å². The molecule has 0 saturated heterocycles. The molecule has 2 unspecified atom stereocenters. The predicted molar refractivity (Wildman–Crippen MR) is 148 cm³/mol. The van der Waals surface area contributed by atoms with E-state index in [1.54, 1.807) is 23.6 Å². The van der Waals surface area contributed by atoms with Gasteiger partial charge in [-0.3, -0.25) is 0 Å². The molecule has 2 aromatic heterocycles. The molecule has 39 heavy (non-hydrogen) atoms. The van der Waals surface area contributed by atoms with Gasteiger partial charge in [0.25, 0.3) is 0 Å². The van der Waals surface area contributed by atoms with Crippen molar-refractivity contribution in [3.8, 4) is 5.69 Å². The monoisotopic (exact) mass is 521 g/mol. The Balaban J connectivity index is 1.75. The molecular weight excluding hydrogens is 494 g/mol. The molecule has 0 saturated carbocycles. The molecule has 2 aromatic carbocycles. The number of esters is 1. The highest BCUT2D eigenvalue weighted by atomic mass is 16.5. The van der Waals surface area contributed by atoms with Crippen molar-refractivity contribution in [3.05, 3.63) is 118 Å². The Bertz CT molecular complexity index is 1730. The fraction of sp³-hybridized carbons (Fsp3) is 0.200. The molecule has 1 aliphatic heterocycles. The third-order valence-corrected chi connectivity index (χ3v) is 7.04. The Morgan fingerprint density at radius 2 is 1.82 bits per heavy atom. The van der Waals surface area contributed by atoms with Crippen molar-refractivity contribution in [2.45, 2.75) is 32.2 Å². The van der Waals surface area contributed by atoms with Gasteiger partial charge in [0.05, 0.1) is 29.5 Å². The SMILES string of the molecule is CCOC(=O)C1=C(c2ccccc2)c2c(n(-c3ccccc3)c(=O)n3c(C4C=CC(O)=CC4)nnc23)NC1C. The number of nitrogens with one attached hydrogen (secondary N) is 1. The number of aromatic nitrogens is 4. The number of benzene rings is 2. The first kappa shape index (κ1) is 24.4. The first-order valence-corrected chi connectivity index (χ1v) is 12.9. The summed E-state index contributed by atoms with van der Waals surface area (Å²) >= 11 is 0. The molecule has 2 N–H and O–H groups in total. The van der Waals surface area contributed by atoms with E-state index in [1.165, 1.54) is 4.40 Å². The smallest absolute Gasteiger partial charge is 0.341 e. The second kappa shape index (κ2) is 9.75.